The molecule has 2 aromatic rings. The van der Waals surface area contributed by atoms with Crippen LogP contribution in [0.25, 0.3) is 0 Å². The fourth-order valence-corrected chi connectivity index (χ4v) is 3.47. The Hall–Kier alpha value is -2.43. The minimum absolute atomic E-state index is 0.0522. The van der Waals surface area contributed by atoms with Crippen molar-refractivity contribution in [3.8, 4) is 5.75 Å². The number of amides is 1. The zero-order valence-corrected chi connectivity index (χ0v) is 14.5. The summed E-state index contributed by atoms with van der Waals surface area (Å²) >= 11 is 0. The van der Waals surface area contributed by atoms with Gasteiger partial charge in [0.25, 0.3) is 0 Å². The van der Waals surface area contributed by atoms with Crippen molar-refractivity contribution in [2.45, 2.75) is 44.8 Å². The van der Waals surface area contributed by atoms with Gasteiger partial charge in [0.05, 0.1) is 6.04 Å². The number of hydrogen-bond donors (Lipinski definition) is 1. The molecular formula is C21H23F2NO2. The van der Waals surface area contributed by atoms with Gasteiger partial charge in [0.2, 0.25) is 5.91 Å². The Morgan fingerprint density at radius 3 is 2.15 bits per heavy atom. The molecule has 0 heterocycles. The number of alkyl halides is 2. The highest BCUT2D eigenvalue weighted by atomic mass is 19.3. The Labute approximate surface area is 152 Å². The Morgan fingerprint density at radius 1 is 0.923 bits per heavy atom. The molecule has 1 fully saturated rings. The molecular weight excluding hydrogens is 336 g/mol. The molecule has 1 saturated carbocycles. The van der Waals surface area contributed by atoms with Crippen LogP contribution in [0.1, 0.15) is 49.3 Å². The van der Waals surface area contributed by atoms with Crippen molar-refractivity contribution in [1.82, 2.24) is 5.32 Å². The number of carbonyl (C=O) groups is 1. The average Bonchev–Trinajstić information content (AvgIpc) is 2.67. The number of carbonyl (C=O) groups excluding carboxylic acids is 1. The molecule has 1 N–H and O–H groups in total. The number of nitrogens with one attached hydrogen (secondary N) is 1. The van der Waals surface area contributed by atoms with Crippen LogP contribution in [-0.4, -0.2) is 12.5 Å². The summed E-state index contributed by atoms with van der Waals surface area (Å²) in [4.78, 5) is 12.7. The fraction of sp³-hybridized carbons (Fsp3) is 0.381. The molecule has 1 atom stereocenters. The van der Waals surface area contributed by atoms with Gasteiger partial charge in [0, 0.05) is 5.92 Å². The first-order valence-electron chi connectivity index (χ1n) is 9.03. The topological polar surface area (TPSA) is 38.3 Å². The van der Waals surface area contributed by atoms with E-state index in [0.717, 1.165) is 36.8 Å². The van der Waals surface area contributed by atoms with E-state index < -0.39 is 6.61 Å². The highest BCUT2D eigenvalue weighted by Crippen LogP contribution is 2.28. The lowest BCUT2D eigenvalue weighted by molar-refractivity contribution is -0.126. The second kappa shape index (κ2) is 8.79. The zero-order chi connectivity index (χ0) is 18.4. The maximum atomic E-state index is 12.7. The molecule has 0 aliphatic heterocycles. The number of halogens is 2. The van der Waals surface area contributed by atoms with Gasteiger partial charge in [0.1, 0.15) is 5.75 Å². The third-order valence-electron chi connectivity index (χ3n) is 4.83. The average molecular weight is 359 g/mol. The molecule has 1 aliphatic carbocycles. The van der Waals surface area contributed by atoms with Crippen LogP contribution in [0.2, 0.25) is 0 Å². The minimum Gasteiger partial charge on any atom is -0.435 e. The van der Waals surface area contributed by atoms with Crippen LogP contribution in [-0.2, 0) is 4.79 Å². The summed E-state index contributed by atoms with van der Waals surface area (Å²) in [5.74, 6) is 0.219. The van der Waals surface area contributed by atoms with E-state index in [-0.39, 0.29) is 23.6 Å². The van der Waals surface area contributed by atoms with Crippen LogP contribution in [0.3, 0.4) is 0 Å². The molecule has 0 bridgehead atoms. The molecule has 26 heavy (non-hydrogen) atoms. The SMILES string of the molecule is O=C(N[C@H](c1ccccc1)c1ccc(OC(F)F)cc1)C1CCCCC1. The van der Waals surface area contributed by atoms with E-state index >= 15 is 0 Å². The maximum absolute atomic E-state index is 12.7. The molecule has 138 valence electrons. The molecule has 0 spiro atoms. The van der Waals surface area contributed by atoms with Crippen LogP contribution >= 0.6 is 0 Å². The summed E-state index contributed by atoms with van der Waals surface area (Å²) in [5, 5.41) is 3.15. The Bertz CT molecular complexity index is 698. The molecule has 0 saturated heterocycles. The monoisotopic (exact) mass is 359 g/mol. The zero-order valence-electron chi connectivity index (χ0n) is 14.5. The van der Waals surface area contributed by atoms with E-state index in [2.05, 4.69) is 10.1 Å². The summed E-state index contributed by atoms with van der Waals surface area (Å²) in [5.41, 5.74) is 1.79. The van der Waals surface area contributed by atoms with Gasteiger partial charge in [-0.15, -0.1) is 0 Å². The van der Waals surface area contributed by atoms with E-state index in [0.29, 0.717) is 0 Å². The summed E-state index contributed by atoms with van der Waals surface area (Å²) in [6.45, 7) is -2.85. The molecule has 2 aromatic carbocycles. The molecule has 0 unspecified atom stereocenters. The van der Waals surface area contributed by atoms with Crippen molar-refractivity contribution in [2.24, 2.45) is 5.92 Å². The van der Waals surface area contributed by atoms with Crippen LogP contribution < -0.4 is 10.1 Å². The quantitative estimate of drug-likeness (QED) is 0.782. The molecule has 5 heteroatoms. The van der Waals surface area contributed by atoms with Crippen molar-refractivity contribution >= 4 is 5.91 Å². The molecule has 1 aliphatic rings. The molecule has 1 amide bonds. The van der Waals surface area contributed by atoms with Gasteiger partial charge in [-0.2, -0.15) is 8.78 Å². The molecule has 0 aromatic heterocycles. The summed E-state index contributed by atoms with van der Waals surface area (Å²) in [6.07, 6.45) is 5.22. The van der Waals surface area contributed by atoms with Gasteiger partial charge in [-0.25, -0.2) is 0 Å². The number of benzene rings is 2. The van der Waals surface area contributed by atoms with Crippen molar-refractivity contribution in [3.05, 3.63) is 65.7 Å². The fourth-order valence-electron chi connectivity index (χ4n) is 3.47. The van der Waals surface area contributed by atoms with Crippen molar-refractivity contribution in [2.75, 3.05) is 0 Å². The predicted octanol–water partition coefficient (Wildman–Crippen LogP) is 5.07. The van der Waals surface area contributed by atoms with Crippen LogP contribution in [0.5, 0.6) is 5.75 Å². The second-order valence-corrected chi connectivity index (χ2v) is 6.63. The number of rotatable bonds is 6. The maximum Gasteiger partial charge on any atom is 0.387 e. The lowest BCUT2D eigenvalue weighted by Crippen LogP contribution is -2.35. The van der Waals surface area contributed by atoms with Gasteiger partial charge in [-0.1, -0.05) is 61.7 Å². The Kier molecular flexibility index (Phi) is 6.21. The van der Waals surface area contributed by atoms with Gasteiger partial charge >= 0.3 is 6.61 Å². The van der Waals surface area contributed by atoms with Gasteiger partial charge in [-0.05, 0) is 36.1 Å². The van der Waals surface area contributed by atoms with Gasteiger partial charge < -0.3 is 10.1 Å². The van der Waals surface area contributed by atoms with E-state index in [9.17, 15) is 13.6 Å². The van der Waals surface area contributed by atoms with Crippen LogP contribution in [0.15, 0.2) is 54.6 Å². The number of ether oxygens (including phenoxy) is 1. The predicted molar refractivity (Wildman–Crippen MR) is 96.1 cm³/mol. The summed E-state index contributed by atoms with van der Waals surface area (Å²) in [6, 6.07) is 15.8. The summed E-state index contributed by atoms with van der Waals surface area (Å²) < 4.78 is 29.1. The van der Waals surface area contributed by atoms with Crippen molar-refractivity contribution in [1.29, 1.82) is 0 Å². The standard InChI is InChI=1S/C21H23F2NO2/c22-21(23)26-18-13-11-16(12-14-18)19(15-7-3-1-4-8-15)24-20(25)17-9-5-2-6-10-17/h1,3-4,7-8,11-14,17,19,21H,2,5-6,9-10H2,(H,24,25)/t19-/m1/s1. The first-order chi connectivity index (χ1) is 12.6. The van der Waals surface area contributed by atoms with E-state index in [1.807, 2.05) is 30.3 Å². The van der Waals surface area contributed by atoms with Crippen molar-refractivity contribution < 1.29 is 18.3 Å². The van der Waals surface area contributed by atoms with Gasteiger partial charge in [0.15, 0.2) is 0 Å². The highest BCUT2D eigenvalue weighted by molar-refractivity contribution is 5.79. The molecule has 3 rings (SSSR count). The number of hydrogen-bond acceptors (Lipinski definition) is 2. The lowest BCUT2D eigenvalue weighted by atomic mass is 9.88. The van der Waals surface area contributed by atoms with E-state index in [1.165, 1.54) is 18.6 Å². The first kappa shape index (κ1) is 18.4. The molecule has 0 radical (unpaired) electrons. The van der Waals surface area contributed by atoms with E-state index in [4.69, 9.17) is 0 Å². The minimum atomic E-state index is -2.85. The van der Waals surface area contributed by atoms with E-state index in [1.54, 1.807) is 12.1 Å². The largest absolute Gasteiger partial charge is 0.435 e. The van der Waals surface area contributed by atoms with Gasteiger partial charge in [-0.3, -0.25) is 4.79 Å². The smallest absolute Gasteiger partial charge is 0.387 e. The Morgan fingerprint density at radius 2 is 1.54 bits per heavy atom. The third kappa shape index (κ3) is 4.81. The Balaban J connectivity index is 1.80. The summed E-state index contributed by atoms with van der Waals surface area (Å²) in [7, 11) is 0. The highest BCUT2D eigenvalue weighted by Gasteiger charge is 2.25. The van der Waals surface area contributed by atoms with Crippen LogP contribution in [0, 0.1) is 5.92 Å². The van der Waals surface area contributed by atoms with Crippen molar-refractivity contribution in [3.63, 3.8) is 0 Å². The first-order valence-corrected chi connectivity index (χ1v) is 9.03. The second-order valence-electron chi connectivity index (χ2n) is 6.63. The molecule has 3 nitrogen and oxygen atoms in total. The normalized spacial score (nSPS) is 16.3. The third-order valence-corrected chi connectivity index (χ3v) is 4.83. The lowest BCUT2D eigenvalue weighted by Gasteiger charge is -2.25. The van der Waals surface area contributed by atoms with Crippen LogP contribution in [0.4, 0.5) is 8.78 Å².